The van der Waals surface area contributed by atoms with Crippen LogP contribution in [0.4, 0.5) is 93.1 Å². The molecule has 19 heterocycles. The normalized spacial score (nSPS) is 14.7. The Morgan fingerprint density at radius 2 is 0.800 bits per heavy atom. The third kappa shape index (κ3) is 25.7. The fraction of sp³-hybridized carbons (Fsp3) is 0.347. The monoisotopic (exact) mass is 2020 g/mol. The van der Waals surface area contributed by atoms with Gasteiger partial charge in [0.1, 0.15) is 73.8 Å². The van der Waals surface area contributed by atoms with Crippen molar-refractivity contribution in [2.24, 2.45) is 11.8 Å². The minimum absolute atomic E-state index is 0.00390. The lowest BCUT2D eigenvalue weighted by Crippen LogP contribution is -2.39. The van der Waals surface area contributed by atoms with Crippen LogP contribution in [-0.2, 0) is 34.3 Å². The average Bonchev–Trinajstić information content (AvgIpc) is 1.26. The van der Waals surface area contributed by atoms with Gasteiger partial charge in [-0.2, -0.15) is 56.3 Å². The molecule has 8 N–H and O–H groups in total. The number of rotatable bonds is 26. The molecule has 0 atom stereocenters. The van der Waals surface area contributed by atoms with Gasteiger partial charge in [-0.15, -0.1) is 15.3 Å². The predicted molar refractivity (Wildman–Crippen MR) is 553 cm³/mol. The van der Waals surface area contributed by atoms with Crippen molar-refractivity contribution in [1.29, 1.82) is 21.0 Å². The number of nitrogens with zero attached hydrogens (tertiary/aromatic N) is 33. The molecule has 4 saturated heterocycles. The summed E-state index contributed by atoms with van der Waals surface area (Å²) in [5.74, 6) is 10.3. The molecule has 5 aliphatic rings. The number of aromatic nitrogens is 25. The molecule has 0 bridgehead atoms. The van der Waals surface area contributed by atoms with E-state index in [1.54, 1.807) is 99.5 Å². The number of methoxy groups -OCH3 is 1. The molecule has 1 aliphatic carbocycles. The van der Waals surface area contributed by atoms with Crippen LogP contribution in [0.5, 0.6) is 0 Å². The maximum absolute atomic E-state index is 11.5. The molecule has 0 spiro atoms. The van der Waals surface area contributed by atoms with Gasteiger partial charge in [0.15, 0.2) is 69.2 Å². The van der Waals surface area contributed by atoms with Gasteiger partial charge in [-0.05, 0) is 161 Å². The van der Waals surface area contributed by atoms with E-state index in [0.717, 1.165) is 197 Å². The van der Waals surface area contributed by atoms with Gasteiger partial charge in [0, 0.05) is 173 Å². The van der Waals surface area contributed by atoms with Crippen molar-refractivity contribution in [2.75, 3.05) is 122 Å². The van der Waals surface area contributed by atoms with E-state index in [1.165, 1.54) is 20.0 Å². The van der Waals surface area contributed by atoms with Gasteiger partial charge in [0.05, 0.1) is 54.1 Å². The Labute approximate surface area is 853 Å². The van der Waals surface area contributed by atoms with Crippen LogP contribution in [0.2, 0.25) is 20.1 Å². The van der Waals surface area contributed by atoms with E-state index in [4.69, 9.17) is 67.5 Å². The van der Waals surface area contributed by atoms with E-state index >= 15 is 0 Å². The van der Waals surface area contributed by atoms with Gasteiger partial charge in [-0.25, -0.2) is 68.1 Å². The third-order valence-electron chi connectivity index (χ3n) is 24.6. The summed E-state index contributed by atoms with van der Waals surface area (Å²) in [4.78, 5) is 82.9. The molecule has 738 valence electrons. The highest BCUT2D eigenvalue weighted by atomic mass is 35.5. The first-order chi connectivity index (χ1) is 70.4. The van der Waals surface area contributed by atoms with E-state index in [-0.39, 0.29) is 36.0 Å². The Balaban J connectivity index is 0.000000127. The second-order valence-corrected chi connectivity index (χ2v) is 38.4. The third-order valence-corrected chi connectivity index (χ3v) is 25.7. The van der Waals surface area contributed by atoms with Crippen LogP contribution in [0.3, 0.4) is 0 Å². The van der Waals surface area contributed by atoms with Crippen LogP contribution in [0.1, 0.15) is 139 Å². The number of piperidine rings is 4. The van der Waals surface area contributed by atoms with Crippen molar-refractivity contribution in [3.8, 4) is 24.3 Å². The molecule has 0 radical (unpaired) electrons. The van der Waals surface area contributed by atoms with E-state index in [9.17, 15) is 4.79 Å². The summed E-state index contributed by atoms with van der Waals surface area (Å²) < 4.78 is 11.8. The summed E-state index contributed by atoms with van der Waals surface area (Å²) in [6.07, 6.45) is 27.2. The molecular formula is C98H101Cl4N41O2. The molecule has 43 nitrogen and oxygen atoms in total. The molecule has 145 heavy (non-hydrogen) atoms. The molecule has 0 unspecified atom stereocenters. The van der Waals surface area contributed by atoms with Crippen molar-refractivity contribution in [3.63, 3.8) is 0 Å². The maximum Gasteiger partial charge on any atom is 0.313 e. The number of carbonyl (C=O) groups excluding carboxylic acids is 1. The lowest BCUT2D eigenvalue weighted by atomic mass is 9.96. The number of hydrogen-bond acceptors (Lipinski definition) is 39. The Morgan fingerprint density at radius 3 is 1.16 bits per heavy atom. The quantitative estimate of drug-likeness (QED) is 0.0233. The van der Waals surface area contributed by atoms with Crippen molar-refractivity contribution in [1.82, 2.24) is 124 Å². The van der Waals surface area contributed by atoms with Crippen molar-refractivity contribution in [2.45, 2.75) is 148 Å². The summed E-state index contributed by atoms with van der Waals surface area (Å²) in [6, 6.07) is 41.0. The fourth-order valence-corrected chi connectivity index (χ4v) is 17.2. The topological polar surface area (TPSA) is 520 Å². The number of benzene rings is 1. The first-order valence-electron chi connectivity index (χ1n) is 47.4. The van der Waals surface area contributed by atoms with Gasteiger partial charge in [0.2, 0.25) is 23.8 Å². The van der Waals surface area contributed by atoms with E-state index in [2.05, 4.69) is 225 Å². The minimum Gasteiger partial charge on any atom is -0.469 e. The summed E-state index contributed by atoms with van der Waals surface area (Å²) in [5, 5.41) is 94.4. The number of pyridine rings is 6. The molecule has 1 saturated carbocycles. The highest BCUT2D eigenvalue weighted by Gasteiger charge is 2.30. The maximum atomic E-state index is 11.5. The van der Waals surface area contributed by atoms with Gasteiger partial charge in [0.25, 0.3) is 0 Å². The van der Waals surface area contributed by atoms with Gasteiger partial charge in [-0.1, -0.05) is 86.2 Å². The lowest BCUT2D eigenvalue weighted by Gasteiger charge is -2.33. The molecule has 15 aromatic heterocycles. The Morgan fingerprint density at radius 1 is 0.421 bits per heavy atom. The van der Waals surface area contributed by atoms with Crippen molar-refractivity contribution in [3.05, 3.63) is 225 Å². The number of halogens is 4. The van der Waals surface area contributed by atoms with Gasteiger partial charge >= 0.3 is 5.97 Å². The smallest absolute Gasteiger partial charge is 0.313 e. The molecule has 0 amide bonds. The second kappa shape index (κ2) is 45.2. The largest absolute Gasteiger partial charge is 0.469 e. The van der Waals surface area contributed by atoms with E-state index in [0.29, 0.717) is 113 Å². The van der Waals surface area contributed by atoms with Gasteiger partial charge < -0.3 is 66.9 Å². The predicted octanol–water partition coefficient (Wildman–Crippen LogP) is 15.8. The van der Waals surface area contributed by atoms with Crippen LogP contribution >= 0.6 is 46.4 Å². The van der Waals surface area contributed by atoms with Gasteiger partial charge in [-0.3, -0.25) is 4.79 Å². The van der Waals surface area contributed by atoms with Crippen LogP contribution < -0.4 is 62.1 Å². The number of carbonyl (C=O) groups is 1. The molecular weight excluding hydrogens is 1930 g/mol. The van der Waals surface area contributed by atoms with Crippen molar-refractivity contribution >= 4 is 173 Å². The van der Waals surface area contributed by atoms with Crippen molar-refractivity contribution < 1.29 is 9.53 Å². The molecule has 4 aliphatic heterocycles. The molecule has 5 fully saturated rings. The van der Waals surface area contributed by atoms with Crippen LogP contribution in [0.25, 0.3) is 28.0 Å². The first kappa shape index (κ1) is 98.7. The molecule has 47 heteroatoms. The second-order valence-electron chi connectivity index (χ2n) is 36.8. The minimum atomic E-state index is -0.405. The average molecular weight is 2030 g/mol. The Kier molecular flexibility index (Phi) is 30.8. The standard InChI is InChI=1S/C25H25ClN10.2C25H27ClN10.C23H22ClN11O2/c26-20-14-29-25(31-19-4-5-22-21(11-19)33-34-36(22)15-16-1-2-16)32-24(20)30-18-7-9-35(10-8-18)23-6-3-17(12-27)13-28-23;1-25(2,3)23-32-21-12-18(8-11-36(21)34-23)31-24-29-15-19(26)22(33-24)30-17-6-9-35(10-7-17)20-5-4-16(13-27)14-28-20;1-16(2)11-21-32-23-12-19(7-10-36(23)34-21)31-25-29-15-20(26)24(33-25)30-18-5-8-35(9-6-18)22-4-3-17(13-27)14-28-22;1-37-21(36)11-18-29-20-10-15(6-9-35(20)33-18)28-23-26-13-17(24)22(30-23)27-14-4-7-34(8-5-14)19-3-2-16(12-25)31-32-19/h3-6,11,13-14,16,18H,1-2,7-10,15H2,(H2,29,30,31,32);4-5,8,11-12,14-15,17H,6-7,9-10H2,1-3H3,(H2,29,30,31,33);3-4,7,10,12,14-16,18H,5-6,8-9,11H2,1-2H3,(H2,29,30,31,33);2-3,6,9-10,13-14H,4-5,7-8,11H2,1H3,(H2,26,27,28,30). The van der Waals surface area contributed by atoms with Crippen LogP contribution in [0.15, 0.2) is 165 Å². The zero-order valence-corrected chi connectivity index (χ0v) is 83.0. The number of anilines is 16. The molecule has 21 rings (SSSR count). The SMILES string of the molecule is CC(C)(C)c1nc2cc(Nc3ncc(Cl)c(NC4CCN(c5ccc(C#N)cn5)CC4)n3)ccn2n1.CC(C)Cc1nc2cc(Nc3ncc(Cl)c(NC4CCN(c5ccc(C#N)cn5)CC4)n3)ccn2n1.COC(=O)Cc1nc2cc(Nc3ncc(Cl)c(NC4CCN(c5ccc(C#N)nn5)CC4)n3)ccn2n1.N#Cc1ccc(N2CCC(Nc3nc(Nc4ccc5c(c4)nnn5CC4CC4)ncc3Cl)CC2)nc1. The number of ether oxygens (including phenoxy) is 1. The van der Waals surface area contributed by atoms with E-state index < -0.39 is 5.97 Å². The summed E-state index contributed by atoms with van der Waals surface area (Å²) in [5.41, 5.74) is 9.01. The van der Waals surface area contributed by atoms with Crippen LogP contribution in [-0.4, -0.2) is 213 Å². The number of fused-ring (bicyclic) bond motifs is 4. The molecule has 1 aromatic carbocycles. The summed E-state index contributed by atoms with van der Waals surface area (Å²) in [6.45, 7) is 18.2. The Bertz CT molecular complexity index is 7290. The molecule has 16 aromatic rings. The zero-order valence-electron chi connectivity index (χ0n) is 80.0. The van der Waals surface area contributed by atoms with Crippen LogP contribution in [0, 0.1) is 57.2 Å². The number of hydrogen-bond donors (Lipinski definition) is 8. The summed E-state index contributed by atoms with van der Waals surface area (Å²) >= 11 is 25.6. The highest BCUT2D eigenvalue weighted by Crippen LogP contribution is 2.36. The lowest BCUT2D eigenvalue weighted by molar-refractivity contribution is -0.139. The number of nitriles is 4. The number of nitrogens with one attached hydrogen (secondary N) is 8. The fourth-order valence-electron chi connectivity index (χ4n) is 16.6. The Hall–Kier alpha value is -16.5. The summed E-state index contributed by atoms with van der Waals surface area (Å²) in [7, 11) is 1.32. The first-order valence-corrected chi connectivity index (χ1v) is 49.0. The zero-order chi connectivity index (χ0) is 101. The highest BCUT2D eigenvalue weighted by molar-refractivity contribution is 6.34. The van der Waals surface area contributed by atoms with E-state index in [1.807, 2.05) is 89.9 Å². The number of esters is 1.